The number of hydrogen-bond donors (Lipinski definition) is 1. The highest BCUT2D eigenvalue weighted by Crippen LogP contribution is 2.12. The molecule has 0 fully saturated rings. The van der Waals surface area contributed by atoms with Gasteiger partial charge in [0.05, 0.1) is 0 Å². The van der Waals surface area contributed by atoms with Crippen LogP contribution in [0.1, 0.15) is 25.8 Å². The molecule has 0 spiro atoms. The van der Waals surface area contributed by atoms with Crippen LogP contribution in [0.15, 0.2) is 18.3 Å². The van der Waals surface area contributed by atoms with Gasteiger partial charge in [0.2, 0.25) is 0 Å². The summed E-state index contributed by atoms with van der Waals surface area (Å²) in [5.74, 6) is 1.72. The van der Waals surface area contributed by atoms with Gasteiger partial charge in [-0.2, -0.15) is 0 Å². The van der Waals surface area contributed by atoms with Gasteiger partial charge in [0.1, 0.15) is 5.82 Å². The molecule has 1 heterocycles. The van der Waals surface area contributed by atoms with E-state index in [0.29, 0.717) is 12.5 Å². The zero-order chi connectivity index (χ0) is 11.3. The first kappa shape index (κ1) is 12.0. The average Bonchev–Trinajstić information content (AvgIpc) is 2.29. The van der Waals surface area contributed by atoms with Crippen LogP contribution in [0.3, 0.4) is 0 Å². The highest BCUT2D eigenvalue weighted by atomic mass is 15.2. The smallest absolute Gasteiger partial charge is 0.128 e. The van der Waals surface area contributed by atoms with E-state index in [1.54, 1.807) is 0 Å². The quantitative estimate of drug-likeness (QED) is 0.803. The monoisotopic (exact) mass is 207 g/mol. The minimum Gasteiger partial charge on any atom is -0.359 e. The summed E-state index contributed by atoms with van der Waals surface area (Å²) < 4.78 is 0. The molecule has 0 radical (unpaired) electrons. The molecule has 2 N–H and O–H groups in total. The first-order valence-corrected chi connectivity index (χ1v) is 5.53. The molecular weight excluding hydrogens is 186 g/mol. The van der Waals surface area contributed by atoms with Gasteiger partial charge in [-0.1, -0.05) is 26.3 Å². The summed E-state index contributed by atoms with van der Waals surface area (Å²) in [4.78, 5) is 6.57. The average molecular weight is 207 g/mol. The van der Waals surface area contributed by atoms with Crippen LogP contribution in [0.2, 0.25) is 0 Å². The van der Waals surface area contributed by atoms with Gasteiger partial charge < -0.3 is 10.6 Å². The Morgan fingerprint density at radius 3 is 2.67 bits per heavy atom. The molecular formula is C12H21N3. The largest absolute Gasteiger partial charge is 0.359 e. The standard InChI is InChI=1S/C12H21N3/c1-4-10(2)9-15(3)12-6-5-11(7-13)8-14-12/h5-6,8,10H,4,7,9,13H2,1-3H3. The Kier molecular flexibility index (Phi) is 4.56. The Hall–Kier alpha value is -1.09. The molecule has 1 unspecified atom stereocenters. The van der Waals surface area contributed by atoms with E-state index < -0.39 is 0 Å². The lowest BCUT2D eigenvalue weighted by Gasteiger charge is -2.21. The summed E-state index contributed by atoms with van der Waals surface area (Å²) in [6.45, 7) is 6.07. The lowest BCUT2D eigenvalue weighted by Crippen LogP contribution is -2.24. The van der Waals surface area contributed by atoms with Crippen molar-refractivity contribution in [1.29, 1.82) is 0 Å². The van der Waals surface area contributed by atoms with Gasteiger partial charge in [-0.15, -0.1) is 0 Å². The predicted octanol–water partition coefficient (Wildman–Crippen LogP) is 2.02. The summed E-state index contributed by atoms with van der Waals surface area (Å²) in [5, 5.41) is 0. The highest BCUT2D eigenvalue weighted by Gasteiger charge is 2.06. The third kappa shape index (κ3) is 3.51. The molecule has 3 heteroatoms. The summed E-state index contributed by atoms with van der Waals surface area (Å²) in [6.07, 6.45) is 3.05. The third-order valence-electron chi connectivity index (χ3n) is 2.72. The molecule has 0 bridgehead atoms. The van der Waals surface area contributed by atoms with Crippen LogP contribution >= 0.6 is 0 Å². The normalized spacial score (nSPS) is 12.5. The molecule has 0 saturated carbocycles. The van der Waals surface area contributed by atoms with E-state index in [0.717, 1.165) is 17.9 Å². The molecule has 0 aliphatic rings. The van der Waals surface area contributed by atoms with E-state index >= 15 is 0 Å². The SMILES string of the molecule is CCC(C)CN(C)c1ccc(CN)cn1. The number of anilines is 1. The molecule has 0 aliphatic carbocycles. The number of rotatable bonds is 5. The number of nitrogens with zero attached hydrogens (tertiary/aromatic N) is 2. The van der Waals surface area contributed by atoms with E-state index in [-0.39, 0.29) is 0 Å². The minimum absolute atomic E-state index is 0.558. The Balaban J connectivity index is 2.61. The van der Waals surface area contributed by atoms with Crippen molar-refractivity contribution in [2.75, 3.05) is 18.5 Å². The molecule has 15 heavy (non-hydrogen) atoms. The zero-order valence-electron chi connectivity index (χ0n) is 9.90. The van der Waals surface area contributed by atoms with Crippen molar-refractivity contribution in [3.05, 3.63) is 23.9 Å². The van der Waals surface area contributed by atoms with Crippen LogP contribution < -0.4 is 10.6 Å². The van der Waals surface area contributed by atoms with Gasteiger partial charge in [0, 0.05) is 26.3 Å². The van der Waals surface area contributed by atoms with Crippen LogP contribution in [0.4, 0.5) is 5.82 Å². The molecule has 1 aromatic rings. The molecule has 0 aromatic carbocycles. The van der Waals surface area contributed by atoms with Gasteiger partial charge in [-0.3, -0.25) is 0 Å². The second-order valence-electron chi connectivity index (χ2n) is 4.12. The highest BCUT2D eigenvalue weighted by molar-refractivity contribution is 5.38. The van der Waals surface area contributed by atoms with Crippen LogP contribution in [0, 0.1) is 5.92 Å². The van der Waals surface area contributed by atoms with Crippen LogP contribution in [0.25, 0.3) is 0 Å². The lowest BCUT2D eigenvalue weighted by atomic mass is 10.1. The van der Waals surface area contributed by atoms with Gasteiger partial charge in [-0.25, -0.2) is 4.98 Å². The van der Waals surface area contributed by atoms with E-state index in [4.69, 9.17) is 5.73 Å². The zero-order valence-corrected chi connectivity index (χ0v) is 9.90. The maximum absolute atomic E-state index is 5.52. The second-order valence-corrected chi connectivity index (χ2v) is 4.12. The summed E-state index contributed by atoms with van der Waals surface area (Å²) in [7, 11) is 2.08. The fraction of sp³-hybridized carbons (Fsp3) is 0.583. The Morgan fingerprint density at radius 2 is 2.20 bits per heavy atom. The van der Waals surface area contributed by atoms with Gasteiger partial charge in [0.25, 0.3) is 0 Å². The van der Waals surface area contributed by atoms with E-state index in [1.165, 1.54) is 6.42 Å². The van der Waals surface area contributed by atoms with Gasteiger partial charge in [-0.05, 0) is 17.5 Å². The minimum atomic E-state index is 0.558. The third-order valence-corrected chi connectivity index (χ3v) is 2.72. The molecule has 0 aliphatic heterocycles. The van der Waals surface area contributed by atoms with Crippen molar-refractivity contribution in [1.82, 2.24) is 4.98 Å². The van der Waals surface area contributed by atoms with E-state index in [1.807, 2.05) is 18.3 Å². The molecule has 84 valence electrons. The van der Waals surface area contributed by atoms with E-state index in [9.17, 15) is 0 Å². The van der Waals surface area contributed by atoms with Crippen molar-refractivity contribution >= 4 is 5.82 Å². The Labute approximate surface area is 92.3 Å². The van der Waals surface area contributed by atoms with Gasteiger partial charge >= 0.3 is 0 Å². The summed E-state index contributed by atoms with van der Waals surface area (Å²) in [6, 6.07) is 4.07. The maximum Gasteiger partial charge on any atom is 0.128 e. The first-order chi connectivity index (χ1) is 7.17. The fourth-order valence-electron chi connectivity index (χ4n) is 1.45. The Bertz CT molecular complexity index is 281. The van der Waals surface area contributed by atoms with Gasteiger partial charge in [0.15, 0.2) is 0 Å². The molecule has 1 rings (SSSR count). The van der Waals surface area contributed by atoms with Crippen molar-refractivity contribution in [2.45, 2.75) is 26.8 Å². The number of nitrogens with two attached hydrogens (primary N) is 1. The van der Waals surface area contributed by atoms with Crippen molar-refractivity contribution in [2.24, 2.45) is 11.7 Å². The lowest BCUT2D eigenvalue weighted by molar-refractivity contribution is 0.557. The topological polar surface area (TPSA) is 42.1 Å². The molecule has 3 nitrogen and oxygen atoms in total. The van der Waals surface area contributed by atoms with Crippen LogP contribution in [-0.4, -0.2) is 18.6 Å². The first-order valence-electron chi connectivity index (χ1n) is 5.53. The number of pyridine rings is 1. The maximum atomic E-state index is 5.52. The fourth-order valence-corrected chi connectivity index (χ4v) is 1.45. The second kappa shape index (κ2) is 5.71. The molecule has 0 amide bonds. The van der Waals surface area contributed by atoms with Crippen molar-refractivity contribution in [3.8, 4) is 0 Å². The summed E-state index contributed by atoms with van der Waals surface area (Å²) >= 11 is 0. The van der Waals surface area contributed by atoms with Crippen LogP contribution in [0.5, 0.6) is 0 Å². The number of hydrogen-bond acceptors (Lipinski definition) is 3. The van der Waals surface area contributed by atoms with Crippen molar-refractivity contribution < 1.29 is 0 Å². The summed E-state index contributed by atoms with van der Waals surface area (Å²) in [5.41, 5.74) is 6.60. The van der Waals surface area contributed by atoms with Crippen LogP contribution in [-0.2, 0) is 6.54 Å². The van der Waals surface area contributed by atoms with E-state index in [2.05, 4.69) is 30.8 Å². The molecule has 1 aromatic heterocycles. The number of aromatic nitrogens is 1. The molecule has 1 atom stereocenters. The van der Waals surface area contributed by atoms with Crippen molar-refractivity contribution in [3.63, 3.8) is 0 Å². The Morgan fingerprint density at radius 1 is 1.47 bits per heavy atom. The molecule has 0 saturated heterocycles. The predicted molar refractivity (Wildman–Crippen MR) is 64.9 cm³/mol.